The molecule has 2 aromatic heterocycles. The average Bonchev–Trinajstić information content (AvgIpc) is 3.45. The fourth-order valence-corrected chi connectivity index (χ4v) is 3.28. The van der Waals surface area contributed by atoms with E-state index >= 15 is 0 Å². The second-order valence-electron chi connectivity index (χ2n) is 5.71. The summed E-state index contributed by atoms with van der Waals surface area (Å²) in [5.74, 6) is 0.920. The fourth-order valence-electron chi connectivity index (χ4n) is 2.52. The molecule has 0 unspecified atom stereocenters. The average molecular weight is 408 g/mol. The van der Waals surface area contributed by atoms with E-state index in [4.69, 9.17) is 8.83 Å². The van der Waals surface area contributed by atoms with Crippen molar-refractivity contribution in [3.8, 4) is 11.3 Å². The third-order valence-corrected chi connectivity index (χ3v) is 4.69. The molecule has 3 aromatic rings. The minimum absolute atomic E-state index is 0.0575. The van der Waals surface area contributed by atoms with Crippen molar-refractivity contribution in [2.45, 2.75) is 0 Å². The molecule has 29 heavy (non-hydrogen) atoms. The van der Waals surface area contributed by atoms with Crippen molar-refractivity contribution in [1.29, 1.82) is 0 Å². The van der Waals surface area contributed by atoms with Gasteiger partial charge in [0.05, 0.1) is 27.9 Å². The summed E-state index contributed by atoms with van der Waals surface area (Å²) in [6.45, 7) is 0. The summed E-state index contributed by atoms with van der Waals surface area (Å²) in [6.07, 6.45) is 4.48. The maximum atomic E-state index is 12.1. The van der Waals surface area contributed by atoms with E-state index in [0.717, 1.165) is 11.8 Å². The molecule has 0 spiro atoms. The van der Waals surface area contributed by atoms with Crippen molar-refractivity contribution in [2.24, 2.45) is 10.2 Å². The van der Waals surface area contributed by atoms with Crippen LogP contribution in [0, 0.1) is 10.1 Å². The van der Waals surface area contributed by atoms with Gasteiger partial charge >= 0.3 is 0 Å². The van der Waals surface area contributed by atoms with Crippen molar-refractivity contribution in [2.75, 3.05) is 0 Å². The predicted octanol–water partition coefficient (Wildman–Crippen LogP) is 4.04. The first-order valence-corrected chi connectivity index (χ1v) is 9.11. The summed E-state index contributed by atoms with van der Waals surface area (Å²) in [4.78, 5) is 23.2. The molecule has 0 aliphatic carbocycles. The smallest absolute Gasteiger partial charge is 0.280 e. The van der Waals surface area contributed by atoms with Crippen molar-refractivity contribution in [1.82, 2.24) is 5.32 Å². The van der Waals surface area contributed by atoms with Gasteiger partial charge in [0.15, 0.2) is 5.17 Å². The first-order chi connectivity index (χ1) is 14.1. The Bertz CT molecular complexity index is 1160. The second-order valence-corrected chi connectivity index (χ2v) is 6.74. The van der Waals surface area contributed by atoms with E-state index < -0.39 is 4.92 Å². The van der Waals surface area contributed by atoms with Gasteiger partial charge in [0, 0.05) is 12.1 Å². The van der Waals surface area contributed by atoms with E-state index in [1.807, 2.05) is 0 Å². The number of amidine groups is 1. The van der Waals surface area contributed by atoms with Crippen LogP contribution in [0.4, 0.5) is 5.69 Å². The second kappa shape index (κ2) is 7.98. The maximum Gasteiger partial charge on any atom is 0.280 e. The lowest BCUT2D eigenvalue weighted by molar-refractivity contribution is -0.384. The van der Waals surface area contributed by atoms with Crippen LogP contribution in [0.5, 0.6) is 0 Å². The Morgan fingerprint density at radius 2 is 1.97 bits per heavy atom. The molecule has 9 nitrogen and oxygen atoms in total. The summed E-state index contributed by atoms with van der Waals surface area (Å²) in [5, 5.41) is 21.9. The van der Waals surface area contributed by atoms with Crippen LogP contribution in [-0.2, 0) is 4.79 Å². The van der Waals surface area contributed by atoms with Gasteiger partial charge in [-0.25, -0.2) is 0 Å². The predicted molar refractivity (Wildman–Crippen MR) is 108 cm³/mol. The van der Waals surface area contributed by atoms with Gasteiger partial charge in [0.1, 0.15) is 17.3 Å². The Kier molecular flexibility index (Phi) is 5.08. The molecule has 0 saturated carbocycles. The molecule has 1 aliphatic heterocycles. The van der Waals surface area contributed by atoms with Crippen LogP contribution in [-0.4, -0.2) is 22.2 Å². The lowest BCUT2D eigenvalue weighted by Gasteiger charge is -1.98. The van der Waals surface area contributed by atoms with Crippen LogP contribution in [0.3, 0.4) is 0 Å². The number of furan rings is 2. The molecule has 1 aromatic carbocycles. The quantitative estimate of drug-likeness (QED) is 0.294. The van der Waals surface area contributed by atoms with Crippen LogP contribution in [0.25, 0.3) is 17.4 Å². The highest BCUT2D eigenvalue weighted by Gasteiger charge is 2.25. The molecule has 1 amide bonds. The van der Waals surface area contributed by atoms with Gasteiger partial charge in [-0.3, -0.25) is 20.2 Å². The molecule has 0 radical (unpaired) electrons. The van der Waals surface area contributed by atoms with Gasteiger partial charge in [0.25, 0.3) is 11.6 Å². The number of nitrogens with zero attached hydrogens (tertiary/aromatic N) is 3. The number of nitro groups is 1. The maximum absolute atomic E-state index is 12.1. The summed E-state index contributed by atoms with van der Waals surface area (Å²) < 4.78 is 10.8. The molecular weight excluding hydrogens is 396 g/mol. The minimum atomic E-state index is -0.470. The summed E-state index contributed by atoms with van der Waals surface area (Å²) in [7, 11) is 0. The standard InChI is InChI=1S/C19H12N4O5S/c24-18-17(29-19(21-18)22-20-11-13-4-3-9-27-13)10-12-7-8-16(28-12)14-5-1-2-6-15(14)23(25)26/h1-11H,(H,21,22,24)/b17-10+,20-11+. The fraction of sp³-hybridized carbons (Fsp3) is 0. The Labute approximate surface area is 168 Å². The zero-order chi connectivity index (χ0) is 20.2. The Morgan fingerprint density at radius 3 is 2.76 bits per heavy atom. The summed E-state index contributed by atoms with van der Waals surface area (Å²) in [5.41, 5.74) is 0.304. The molecule has 1 N–H and O–H groups in total. The lowest BCUT2D eigenvalue weighted by Crippen LogP contribution is -2.19. The molecule has 10 heteroatoms. The van der Waals surface area contributed by atoms with Gasteiger partial charge in [-0.1, -0.05) is 12.1 Å². The SMILES string of the molecule is O=C1N/C(=N\N=C\c2ccco2)S/C1=C/c1ccc(-c2ccccc2[N+](=O)[O-])o1. The molecule has 1 fully saturated rings. The van der Waals surface area contributed by atoms with Gasteiger partial charge in [-0.15, -0.1) is 5.10 Å². The van der Waals surface area contributed by atoms with Gasteiger partial charge in [-0.05, 0) is 42.1 Å². The van der Waals surface area contributed by atoms with Gasteiger partial charge < -0.3 is 8.83 Å². The number of thioether (sulfide) groups is 1. The third kappa shape index (κ3) is 4.17. The molecule has 0 bridgehead atoms. The van der Waals surface area contributed by atoms with Gasteiger partial charge in [-0.2, -0.15) is 5.10 Å². The number of hydrogen-bond donors (Lipinski definition) is 1. The molecule has 3 heterocycles. The topological polar surface area (TPSA) is 123 Å². The van der Waals surface area contributed by atoms with Crippen molar-refractivity contribution in [3.05, 3.63) is 81.3 Å². The molecular formula is C19H12N4O5S. The number of benzene rings is 1. The Hall–Kier alpha value is -3.92. The normalized spacial score (nSPS) is 16.8. The summed E-state index contributed by atoms with van der Waals surface area (Å²) in [6, 6.07) is 13.0. The Balaban J connectivity index is 1.52. The van der Waals surface area contributed by atoms with Gasteiger partial charge in [0.2, 0.25) is 0 Å². The van der Waals surface area contributed by atoms with E-state index in [2.05, 4.69) is 15.5 Å². The number of nitro benzene ring substituents is 1. The molecule has 4 rings (SSSR count). The number of carbonyl (C=O) groups is 1. The van der Waals surface area contributed by atoms with Crippen LogP contribution >= 0.6 is 11.8 Å². The number of nitrogens with one attached hydrogen (secondary N) is 1. The highest BCUT2D eigenvalue weighted by Crippen LogP contribution is 2.32. The van der Waals surface area contributed by atoms with Crippen molar-refractivity contribution in [3.63, 3.8) is 0 Å². The van der Waals surface area contributed by atoms with E-state index in [-0.39, 0.29) is 11.6 Å². The van der Waals surface area contributed by atoms with Crippen LogP contribution < -0.4 is 5.32 Å². The number of para-hydroxylation sites is 1. The molecule has 0 atom stereocenters. The lowest BCUT2D eigenvalue weighted by atomic mass is 10.1. The minimum Gasteiger partial charge on any atom is -0.463 e. The van der Waals surface area contributed by atoms with Crippen LogP contribution in [0.15, 0.2) is 78.7 Å². The highest BCUT2D eigenvalue weighted by atomic mass is 32.2. The first kappa shape index (κ1) is 18.4. The number of rotatable bonds is 5. The van der Waals surface area contributed by atoms with E-state index in [1.54, 1.807) is 42.5 Å². The highest BCUT2D eigenvalue weighted by molar-refractivity contribution is 8.18. The van der Waals surface area contributed by atoms with E-state index in [9.17, 15) is 14.9 Å². The van der Waals surface area contributed by atoms with Crippen molar-refractivity contribution < 1.29 is 18.6 Å². The molecule has 1 aliphatic rings. The van der Waals surface area contributed by atoms with E-state index in [1.165, 1.54) is 24.6 Å². The number of amides is 1. The van der Waals surface area contributed by atoms with E-state index in [0.29, 0.717) is 32.9 Å². The third-order valence-electron chi connectivity index (χ3n) is 3.79. The molecule has 1 saturated heterocycles. The number of hydrogen-bond acceptors (Lipinski definition) is 8. The monoisotopic (exact) mass is 408 g/mol. The zero-order valence-corrected chi connectivity index (χ0v) is 15.5. The molecule has 144 valence electrons. The number of carbonyl (C=O) groups excluding carboxylic acids is 1. The Morgan fingerprint density at radius 1 is 1.10 bits per heavy atom. The van der Waals surface area contributed by atoms with Crippen LogP contribution in [0.1, 0.15) is 11.5 Å². The zero-order valence-electron chi connectivity index (χ0n) is 14.6. The van der Waals surface area contributed by atoms with Crippen LogP contribution in [0.2, 0.25) is 0 Å². The summed E-state index contributed by atoms with van der Waals surface area (Å²) >= 11 is 1.10. The first-order valence-electron chi connectivity index (χ1n) is 8.29. The largest absolute Gasteiger partial charge is 0.463 e. The van der Waals surface area contributed by atoms with Crippen molar-refractivity contribution >= 4 is 40.8 Å².